The lowest BCUT2D eigenvalue weighted by atomic mass is 9.97. The summed E-state index contributed by atoms with van der Waals surface area (Å²) >= 11 is 0. The van der Waals surface area contributed by atoms with Crippen molar-refractivity contribution in [3.8, 4) is 0 Å². The number of hydrogen-bond acceptors (Lipinski definition) is 12. The van der Waals surface area contributed by atoms with Crippen molar-refractivity contribution in [3.63, 3.8) is 0 Å². The Balaban J connectivity index is 2.53. The first kappa shape index (κ1) is 24.8. The highest BCUT2D eigenvalue weighted by molar-refractivity contribution is 5.86. The summed E-state index contributed by atoms with van der Waals surface area (Å²) in [6.45, 7) is 4.15. The van der Waals surface area contributed by atoms with Crippen molar-refractivity contribution in [2.45, 2.75) is 58.3 Å². The largest absolute Gasteiger partial charge is 0.464 e. The topological polar surface area (TPSA) is 159 Å². The molecule has 1 aliphatic rings. The molecule has 0 N–H and O–H groups in total. The molecule has 1 aliphatic heterocycles. The van der Waals surface area contributed by atoms with E-state index in [2.05, 4.69) is 9.84 Å². The van der Waals surface area contributed by atoms with Crippen molar-refractivity contribution in [1.29, 1.82) is 0 Å². The van der Waals surface area contributed by atoms with Gasteiger partial charge in [0.1, 0.15) is 12.7 Å². The van der Waals surface area contributed by atoms with Crippen LogP contribution in [-0.2, 0) is 47.6 Å². The molecule has 32 heavy (non-hydrogen) atoms. The first-order valence-electron chi connectivity index (χ1n) is 9.47. The molecule has 0 aromatic carbocycles. The minimum Gasteiger partial charge on any atom is -0.464 e. The van der Waals surface area contributed by atoms with Crippen LogP contribution in [0.4, 0.5) is 0 Å². The molecule has 176 valence electrons. The number of methoxy groups -OCH3 is 1. The molecule has 0 saturated carbocycles. The first-order valence-corrected chi connectivity index (χ1v) is 9.47. The molecule has 5 atom stereocenters. The summed E-state index contributed by atoms with van der Waals surface area (Å²) in [6.07, 6.45) is -4.98. The van der Waals surface area contributed by atoms with Gasteiger partial charge in [-0.05, 0) is 6.07 Å². The van der Waals surface area contributed by atoms with E-state index in [1.54, 1.807) is 0 Å². The maximum Gasteiger partial charge on any atom is 0.358 e. The van der Waals surface area contributed by atoms with E-state index in [0.717, 1.165) is 25.5 Å². The third kappa shape index (κ3) is 6.26. The number of esters is 5. The number of carbonyl (C=O) groups is 5. The van der Waals surface area contributed by atoms with Crippen LogP contribution in [0, 0.1) is 0 Å². The highest BCUT2D eigenvalue weighted by atomic mass is 16.7. The van der Waals surface area contributed by atoms with E-state index in [1.807, 2.05) is 0 Å². The lowest BCUT2D eigenvalue weighted by Gasteiger charge is -2.44. The minimum atomic E-state index is -1.34. The van der Waals surface area contributed by atoms with Crippen LogP contribution >= 0.6 is 0 Å². The quantitative estimate of drug-likeness (QED) is 0.397. The predicted octanol–water partition coefficient (Wildman–Crippen LogP) is -0.0747. The lowest BCUT2D eigenvalue weighted by Crippen LogP contribution is -2.60. The second-order valence-corrected chi connectivity index (χ2v) is 6.76. The zero-order chi connectivity index (χ0) is 24.0. The molecular weight excluding hydrogens is 432 g/mol. The van der Waals surface area contributed by atoms with Gasteiger partial charge in [0.15, 0.2) is 30.2 Å². The summed E-state index contributed by atoms with van der Waals surface area (Å²) in [6, 6.07) is 1.33. The Labute approximate surface area is 182 Å². The minimum absolute atomic E-state index is 0.0691. The second-order valence-electron chi connectivity index (χ2n) is 6.76. The van der Waals surface area contributed by atoms with Gasteiger partial charge in [0, 0.05) is 33.9 Å². The van der Waals surface area contributed by atoms with Gasteiger partial charge in [0.2, 0.25) is 0 Å². The van der Waals surface area contributed by atoms with Gasteiger partial charge in [-0.2, -0.15) is 5.10 Å². The van der Waals surface area contributed by atoms with Crippen molar-refractivity contribution in [3.05, 3.63) is 18.0 Å². The van der Waals surface area contributed by atoms with E-state index in [-0.39, 0.29) is 12.3 Å². The monoisotopic (exact) mass is 456 g/mol. The van der Waals surface area contributed by atoms with Gasteiger partial charge < -0.3 is 28.4 Å². The Morgan fingerprint density at radius 3 is 2.00 bits per heavy atom. The predicted molar refractivity (Wildman–Crippen MR) is 101 cm³/mol. The zero-order valence-electron chi connectivity index (χ0n) is 18.1. The molecule has 2 rings (SSSR count). The van der Waals surface area contributed by atoms with Gasteiger partial charge in [0.25, 0.3) is 0 Å². The fourth-order valence-electron chi connectivity index (χ4n) is 3.11. The number of rotatable bonds is 7. The summed E-state index contributed by atoms with van der Waals surface area (Å²) in [5, 5.41) is 4.06. The maximum absolute atomic E-state index is 11.8. The van der Waals surface area contributed by atoms with Gasteiger partial charge in [-0.15, -0.1) is 0 Å². The Morgan fingerprint density at radius 2 is 1.47 bits per heavy atom. The Kier molecular flexibility index (Phi) is 8.29. The Morgan fingerprint density at radius 1 is 0.906 bits per heavy atom. The van der Waals surface area contributed by atoms with E-state index in [1.165, 1.54) is 26.3 Å². The third-order valence-corrected chi connectivity index (χ3v) is 4.23. The van der Waals surface area contributed by atoms with E-state index in [0.29, 0.717) is 0 Å². The summed E-state index contributed by atoms with van der Waals surface area (Å²) in [5.74, 6) is -3.61. The summed E-state index contributed by atoms with van der Waals surface area (Å²) in [4.78, 5) is 58.5. The van der Waals surface area contributed by atoms with Gasteiger partial charge in [-0.25, -0.2) is 9.48 Å². The molecule has 0 radical (unpaired) electrons. The van der Waals surface area contributed by atoms with Crippen LogP contribution in [0.25, 0.3) is 0 Å². The third-order valence-electron chi connectivity index (χ3n) is 4.23. The van der Waals surface area contributed by atoms with Crippen LogP contribution in [0.5, 0.6) is 0 Å². The van der Waals surface area contributed by atoms with Crippen LogP contribution in [0.15, 0.2) is 12.3 Å². The standard InChI is InChI=1S/C19H24N2O11/c1-9(22)28-8-14-15(29-10(2)23)16(30-11(3)24)17(31-12(4)25)18(32-14)21-7-6-13(20-21)19(26)27-5/h6-7,14-18H,8H2,1-5H3/t14-,15-,16+,17-,18-/m1/s1. The summed E-state index contributed by atoms with van der Waals surface area (Å²) in [7, 11) is 1.18. The smallest absolute Gasteiger partial charge is 0.358 e. The average Bonchev–Trinajstić information content (AvgIpc) is 3.17. The molecule has 1 fully saturated rings. The molecule has 0 unspecified atom stereocenters. The van der Waals surface area contributed by atoms with Crippen molar-refractivity contribution in [2.24, 2.45) is 0 Å². The van der Waals surface area contributed by atoms with Crippen LogP contribution in [-0.4, -0.2) is 77.8 Å². The van der Waals surface area contributed by atoms with Gasteiger partial charge in [-0.3, -0.25) is 19.2 Å². The number of carbonyl (C=O) groups excluding carboxylic acids is 5. The highest BCUT2D eigenvalue weighted by Crippen LogP contribution is 2.34. The molecule has 1 saturated heterocycles. The average molecular weight is 456 g/mol. The van der Waals surface area contributed by atoms with Crippen LogP contribution in [0.2, 0.25) is 0 Å². The van der Waals surface area contributed by atoms with Crippen LogP contribution in [0.3, 0.4) is 0 Å². The molecule has 0 bridgehead atoms. The van der Waals surface area contributed by atoms with E-state index >= 15 is 0 Å². The van der Waals surface area contributed by atoms with Gasteiger partial charge >= 0.3 is 29.8 Å². The van der Waals surface area contributed by atoms with Crippen molar-refractivity contribution in [1.82, 2.24) is 9.78 Å². The van der Waals surface area contributed by atoms with Crippen LogP contribution < -0.4 is 0 Å². The molecule has 1 aromatic rings. The lowest BCUT2D eigenvalue weighted by molar-refractivity contribution is -0.270. The first-order chi connectivity index (χ1) is 15.0. The number of nitrogens with zero attached hydrogens (tertiary/aromatic N) is 2. The van der Waals surface area contributed by atoms with Gasteiger partial charge in [0.05, 0.1) is 7.11 Å². The second kappa shape index (κ2) is 10.7. The normalized spacial score (nSPS) is 24.7. The van der Waals surface area contributed by atoms with E-state index in [4.69, 9.17) is 23.7 Å². The molecule has 2 heterocycles. The number of hydrogen-bond donors (Lipinski definition) is 0. The molecular formula is C19H24N2O11. The Hall–Kier alpha value is -3.48. The van der Waals surface area contributed by atoms with Crippen LogP contribution in [0.1, 0.15) is 44.4 Å². The van der Waals surface area contributed by atoms with E-state index in [9.17, 15) is 24.0 Å². The maximum atomic E-state index is 11.8. The number of ether oxygens (including phenoxy) is 6. The molecule has 13 nitrogen and oxygen atoms in total. The molecule has 0 amide bonds. The molecule has 0 aliphatic carbocycles. The van der Waals surface area contributed by atoms with Crippen molar-refractivity contribution >= 4 is 29.8 Å². The SMILES string of the molecule is COC(=O)c1ccn([C@@H]2O[C@H](COC(C)=O)[C@@H](OC(C)=O)[C@H](OC(C)=O)[C@H]2OC(C)=O)n1. The molecule has 13 heteroatoms. The van der Waals surface area contributed by atoms with Crippen molar-refractivity contribution in [2.75, 3.05) is 13.7 Å². The fraction of sp³-hybridized carbons (Fsp3) is 0.579. The van der Waals surface area contributed by atoms with Gasteiger partial charge in [-0.1, -0.05) is 0 Å². The molecule has 0 spiro atoms. The summed E-state index contributed by atoms with van der Waals surface area (Å²) in [5.41, 5.74) is -0.0691. The van der Waals surface area contributed by atoms with E-state index < -0.39 is 60.5 Å². The summed E-state index contributed by atoms with van der Waals surface area (Å²) < 4.78 is 32.6. The highest BCUT2D eigenvalue weighted by Gasteiger charge is 2.53. The van der Waals surface area contributed by atoms with Crippen molar-refractivity contribution < 1.29 is 52.4 Å². The Bertz CT molecular complexity index is 880. The number of aromatic nitrogens is 2. The molecule has 1 aromatic heterocycles. The fourth-order valence-corrected chi connectivity index (χ4v) is 3.11. The zero-order valence-corrected chi connectivity index (χ0v) is 18.1.